The molecule has 0 spiro atoms. The van der Waals surface area contributed by atoms with Crippen molar-refractivity contribution in [3.63, 3.8) is 0 Å². The van der Waals surface area contributed by atoms with E-state index in [1.54, 1.807) is 6.21 Å². The quantitative estimate of drug-likeness (QED) is 0.599. The molecule has 0 saturated carbocycles. The van der Waals surface area contributed by atoms with Crippen LogP contribution in [0.2, 0.25) is 0 Å². The van der Waals surface area contributed by atoms with E-state index in [9.17, 15) is 4.79 Å². The zero-order valence-corrected chi connectivity index (χ0v) is 11.6. The summed E-state index contributed by atoms with van der Waals surface area (Å²) in [4.78, 5) is 10.7. The number of rotatable bonds is 6. The number of carbonyl (C=O) groups is 1. The van der Waals surface area contributed by atoms with Crippen molar-refractivity contribution in [3.05, 3.63) is 35.4 Å². The molecule has 5 nitrogen and oxygen atoms in total. The number of nitrogens with zero attached hydrogens (tertiary/aromatic N) is 2. The van der Waals surface area contributed by atoms with E-state index in [1.807, 2.05) is 36.3 Å². The Morgan fingerprint density at radius 1 is 1.42 bits per heavy atom. The molecule has 0 aliphatic rings. The number of hydrogen-bond acceptors (Lipinski definition) is 4. The van der Waals surface area contributed by atoms with E-state index in [4.69, 9.17) is 10.8 Å². The molecule has 1 rings (SSSR count). The summed E-state index contributed by atoms with van der Waals surface area (Å²) >= 11 is 0. The third-order valence-corrected chi connectivity index (χ3v) is 2.89. The topological polar surface area (TPSA) is 78.9 Å². The van der Waals surface area contributed by atoms with Crippen molar-refractivity contribution in [1.82, 2.24) is 5.01 Å². The summed E-state index contributed by atoms with van der Waals surface area (Å²) in [5.74, 6) is -0.982. The molecule has 0 aromatic heterocycles. The fraction of sp³-hybridized carbons (Fsp3) is 0.429. The zero-order valence-electron chi connectivity index (χ0n) is 11.6. The minimum atomic E-state index is -0.982. The third-order valence-electron chi connectivity index (χ3n) is 2.89. The normalized spacial score (nSPS) is 12.9. The van der Waals surface area contributed by atoms with Crippen LogP contribution in [-0.4, -0.2) is 41.4 Å². The van der Waals surface area contributed by atoms with Crippen LogP contribution in [-0.2, 0) is 11.2 Å². The molecule has 5 heteroatoms. The smallest absolute Gasteiger partial charge is 0.320 e. The van der Waals surface area contributed by atoms with Crippen LogP contribution in [0.5, 0.6) is 0 Å². The molecule has 0 bridgehead atoms. The van der Waals surface area contributed by atoms with Gasteiger partial charge < -0.3 is 10.8 Å². The summed E-state index contributed by atoms with van der Waals surface area (Å²) in [6.07, 6.45) is 2.11. The van der Waals surface area contributed by atoms with Gasteiger partial charge in [0.1, 0.15) is 6.04 Å². The number of aliphatic carboxylic acids is 1. The lowest BCUT2D eigenvalue weighted by molar-refractivity contribution is -0.138. The van der Waals surface area contributed by atoms with Crippen LogP contribution in [0.25, 0.3) is 0 Å². The van der Waals surface area contributed by atoms with Gasteiger partial charge in [-0.3, -0.25) is 9.80 Å². The summed E-state index contributed by atoms with van der Waals surface area (Å²) in [5.41, 5.74) is 7.36. The molecule has 0 aliphatic heterocycles. The van der Waals surface area contributed by atoms with Crippen molar-refractivity contribution in [2.24, 2.45) is 10.8 Å². The lowest BCUT2D eigenvalue weighted by atomic mass is 10.1. The Bertz CT molecular complexity index is 441. The first-order valence-corrected chi connectivity index (χ1v) is 6.24. The highest BCUT2D eigenvalue weighted by Gasteiger charge is 2.11. The summed E-state index contributed by atoms with van der Waals surface area (Å²) in [5, 5.41) is 14.9. The largest absolute Gasteiger partial charge is 0.480 e. The number of hydrogen-bond donors (Lipinski definition) is 2. The standard InChI is InChI=1S/C14H21N3O2/c1-10(2)17(3)16-9-12-6-4-11(5-7-12)8-13(15)14(18)19/h4-7,9-10,13H,8,15H2,1-3H3,(H,18,19). The van der Waals surface area contributed by atoms with Crippen LogP contribution in [0.3, 0.4) is 0 Å². The van der Waals surface area contributed by atoms with Gasteiger partial charge in [-0.25, -0.2) is 0 Å². The number of nitrogens with two attached hydrogens (primary N) is 1. The molecule has 104 valence electrons. The van der Waals surface area contributed by atoms with Crippen molar-refractivity contribution >= 4 is 12.2 Å². The monoisotopic (exact) mass is 263 g/mol. The van der Waals surface area contributed by atoms with Gasteiger partial charge in [0, 0.05) is 13.1 Å². The van der Waals surface area contributed by atoms with E-state index >= 15 is 0 Å². The van der Waals surface area contributed by atoms with Gasteiger partial charge >= 0.3 is 5.97 Å². The highest BCUT2D eigenvalue weighted by Crippen LogP contribution is 2.06. The van der Waals surface area contributed by atoms with Crippen LogP contribution in [0.4, 0.5) is 0 Å². The van der Waals surface area contributed by atoms with E-state index in [2.05, 4.69) is 18.9 Å². The minimum Gasteiger partial charge on any atom is -0.480 e. The molecule has 0 fully saturated rings. The Morgan fingerprint density at radius 2 is 2.00 bits per heavy atom. The molecule has 1 unspecified atom stereocenters. The number of carboxylic acid groups (broad SMARTS) is 1. The third kappa shape index (κ3) is 5.09. The van der Waals surface area contributed by atoms with Crippen molar-refractivity contribution < 1.29 is 9.90 Å². The lowest BCUT2D eigenvalue weighted by Gasteiger charge is -2.16. The Kier molecular flexibility index (Phi) is 5.51. The zero-order chi connectivity index (χ0) is 14.4. The molecule has 1 atom stereocenters. The molecule has 0 amide bonds. The highest BCUT2D eigenvalue weighted by molar-refractivity contribution is 5.79. The second-order valence-corrected chi connectivity index (χ2v) is 4.80. The van der Waals surface area contributed by atoms with Gasteiger partial charge in [0.15, 0.2) is 0 Å². The van der Waals surface area contributed by atoms with Crippen LogP contribution >= 0.6 is 0 Å². The number of carboxylic acids is 1. The summed E-state index contributed by atoms with van der Waals surface area (Å²) in [6.45, 7) is 4.13. The minimum absolute atomic E-state index is 0.332. The maximum atomic E-state index is 10.7. The first kappa shape index (κ1) is 15.2. The molecule has 1 aromatic rings. The SMILES string of the molecule is CC(C)N(C)N=Cc1ccc(CC(N)C(=O)O)cc1. The average Bonchev–Trinajstić information content (AvgIpc) is 2.37. The molecular weight excluding hydrogens is 242 g/mol. The predicted octanol–water partition coefficient (Wildman–Crippen LogP) is 1.32. The van der Waals surface area contributed by atoms with Crippen LogP contribution in [0.1, 0.15) is 25.0 Å². The van der Waals surface area contributed by atoms with Crippen LogP contribution < -0.4 is 5.73 Å². The first-order chi connectivity index (χ1) is 8.90. The summed E-state index contributed by atoms with van der Waals surface area (Å²) < 4.78 is 0. The molecule has 0 heterocycles. The maximum absolute atomic E-state index is 10.7. The second kappa shape index (κ2) is 6.89. The predicted molar refractivity (Wildman–Crippen MR) is 76.3 cm³/mol. The van der Waals surface area contributed by atoms with E-state index in [1.165, 1.54) is 0 Å². The Hall–Kier alpha value is -1.88. The Labute approximate surface area is 113 Å². The van der Waals surface area contributed by atoms with Crippen LogP contribution in [0, 0.1) is 0 Å². The molecular formula is C14H21N3O2. The van der Waals surface area contributed by atoms with E-state index < -0.39 is 12.0 Å². The highest BCUT2D eigenvalue weighted by atomic mass is 16.4. The van der Waals surface area contributed by atoms with Gasteiger partial charge in [-0.15, -0.1) is 0 Å². The number of hydrazone groups is 1. The van der Waals surface area contributed by atoms with Gasteiger partial charge in [-0.05, 0) is 31.4 Å². The number of benzene rings is 1. The summed E-state index contributed by atoms with van der Waals surface area (Å²) in [7, 11) is 1.92. The Morgan fingerprint density at radius 3 is 2.47 bits per heavy atom. The fourth-order valence-corrected chi connectivity index (χ4v) is 1.37. The summed E-state index contributed by atoms with van der Waals surface area (Å²) in [6, 6.07) is 7.05. The van der Waals surface area contributed by atoms with Gasteiger partial charge in [-0.1, -0.05) is 24.3 Å². The lowest BCUT2D eigenvalue weighted by Crippen LogP contribution is -2.32. The molecule has 0 saturated heterocycles. The molecule has 0 radical (unpaired) electrons. The van der Waals surface area contributed by atoms with Gasteiger partial charge in [0.05, 0.1) is 6.21 Å². The van der Waals surface area contributed by atoms with E-state index in [-0.39, 0.29) is 0 Å². The first-order valence-electron chi connectivity index (χ1n) is 6.24. The Balaban J connectivity index is 2.64. The fourth-order valence-electron chi connectivity index (χ4n) is 1.37. The molecule has 19 heavy (non-hydrogen) atoms. The maximum Gasteiger partial charge on any atom is 0.320 e. The molecule has 0 aliphatic carbocycles. The van der Waals surface area contributed by atoms with Crippen LogP contribution in [0.15, 0.2) is 29.4 Å². The van der Waals surface area contributed by atoms with Crippen molar-refractivity contribution in [2.45, 2.75) is 32.4 Å². The second-order valence-electron chi connectivity index (χ2n) is 4.80. The van der Waals surface area contributed by atoms with E-state index in [0.29, 0.717) is 12.5 Å². The van der Waals surface area contributed by atoms with Crippen molar-refractivity contribution in [2.75, 3.05) is 7.05 Å². The van der Waals surface area contributed by atoms with Gasteiger partial charge in [0.2, 0.25) is 0 Å². The molecule has 1 aromatic carbocycles. The van der Waals surface area contributed by atoms with E-state index in [0.717, 1.165) is 11.1 Å². The van der Waals surface area contributed by atoms with Gasteiger partial charge in [-0.2, -0.15) is 5.10 Å². The molecule has 3 N–H and O–H groups in total. The average molecular weight is 263 g/mol. The van der Waals surface area contributed by atoms with Crippen molar-refractivity contribution in [1.29, 1.82) is 0 Å². The van der Waals surface area contributed by atoms with Crippen molar-refractivity contribution in [3.8, 4) is 0 Å². The van der Waals surface area contributed by atoms with Gasteiger partial charge in [0.25, 0.3) is 0 Å².